The lowest BCUT2D eigenvalue weighted by Gasteiger charge is -2.37. The highest BCUT2D eigenvalue weighted by Gasteiger charge is 2.32. The van der Waals surface area contributed by atoms with Crippen molar-refractivity contribution in [2.45, 2.75) is 53.4 Å². The molecule has 88 valence electrons. The minimum Gasteiger partial charge on any atom is -0.241 e. The molecule has 0 N–H and O–H groups in total. The molecule has 0 saturated carbocycles. The SMILES string of the molecule is CCC(C)(C)C1CCc2ncnc(C)c2C1. The van der Waals surface area contributed by atoms with Crippen molar-refractivity contribution in [3.8, 4) is 0 Å². The molecule has 1 atom stereocenters. The number of fused-ring (bicyclic) bond motifs is 1. The Morgan fingerprint density at radius 2 is 2.12 bits per heavy atom. The number of aromatic nitrogens is 2. The summed E-state index contributed by atoms with van der Waals surface area (Å²) in [6.45, 7) is 9.19. The van der Waals surface area contributed by atoms with Gasteiger partial charge in [0.1, 0.15) is 6.33 Å². The van der Waals surface area contributed by atoms with Gasteiger partial charge in [-0.1, -0.05) is 27.2 Å². The third-order valence-electron chi connectivity index (χ3n) is 4.45. The van der Waals surface area contributed by atoms with Crippen LogP contribution in [0.2, 0.25) is 0 Å². The fourth-order valence-electron chi connectivity index (χ4n) is 2.65. The van der Waals surface area contributed by atoms with Crippen LogP contribution in [-0.2, 0) is 12.8 Å². The number of aryl methyl sites for hydroxylation is 2. The lowest BCUT2D eigenvalue weighted by Crippen LogP contribution is -2.30. The van der Waals surface area contributed by atoms with E-state index in [2.05, 4.69) is 37.7 Å². The monoisotopic (exact) mass is 218 g/mol. The maximum Gasteiger partial charge on any atom is 0.115 e. The molecule has 0 radical (unpaired) electrons. The quantitative estimate of drug-likeness (QED) is 0.761. The van der Waals surface area contributed by atoms with Crippen LogP contribution in [-0.4, -0.2) is 9.97 Å². The van der Waals surface area contributed by atoms with Gasteiger partial charge in [-0.05, 0) is 43.1 Å². The molecule has 1 aliphatic rings. The minimum atomic E-state index is 0.444. The van der Waals surface area contributed by atoms with Gasteiger partial charge >= 0.3 is 0 Å². The van der Waals surface area contributed by atoms with E-state index in [1.807, 2.05) is 0 Å². The molecule has 1 aliphatic carbocycles. The molecule has 1 heterocycles. The van der Waals surface area contributed by atoms with Crippen molar-refractivity contribution in [3.05, 3.63) is 23.3 Å². The van der Waals surface area contributed by atoms with E-state index in [-0.39, 0.29) is 0 Å². The largest absolute Gasteiger partial charge is 0.241 e. The highest BCUT2D eigenvalue weighted by atomic mass is 14.8. The van der Waals surface area contributed by atoms with Gasteiger partial charge in [0.05, 0.1) is 0 Å². The van der Waals surface area contributed by atoms with Gasteiger partial charge in [0.25, 0.3) is 0 Å². The summed E-state index contributed by atoms with van der Waals surface area (Å²) in [6, 6.07) is 0. The minimum absolute atomic E-state index is 0.444. The normalized spacial score (nSPS) is 20.6. The molecule has 0 fully saturated rings. The average molecular weight is 218 g/mol. The van der Waals surface area contributed by atoms with Gasteiger partial charge in [-0.15, -0.1) is 0 Å². The van der Waals surface area contributed by atoms with Crippen molar-refractivity contribution in [3.63, 3.8) is 0 Å². The zero-order valence-electron chi connectivity index (χ0n) is 10.9. The second-order valence-corrected chi connectivity index (χ2v) is 5.67. The maximum absolute atomic E-state index is 4.41. The van der Waals surface area contributed by atoms with Crippen LogP contribution in [0.3, 0.4) is 0 Å². The van der Waals surface area contributed by atoms with E-state index in [9.17, 15) is 0 Å². The fraction of sp³-hybridized carbons (Fsp3) is 0.714. The van der Waals surface area contributed by atoms with Crippen LogP contribution in [0.25, 0.3) is 0 Å². The molecule has 0 aromatic carbocycles. The van der Waals surface area contributed by atoms with Gasteiger partial charge in [-0.25, -0.2) is 9.97 Å². The van der Waals surface area contributed by atoms with Crippen LogP contribution in [0.4, 0.5) is 0 Å². The van der Waals surface area contributed by atoms with E-state index in [0.717, 1.165) is 12.3 Å². The molecular weight excluding hydrogens is 196 g/mol. The number of rotatable bonds is 2. The molecule has 1 unspecified atom stereocenters. The Kier molecular flexibility index (Phi) is 3.00. The summed E-state index contributed by atoms with van der Waals surface area (Å²) in [6.07, 6.45) is 6.54. The third-order valence-corrected chi connectivity index (χ3v) is 4.45. The Morgan fingerprint density at radius 3 is 2.81 bits per heavy atom. The predicted molar refractivity (Wildman–Crippen MR) is 66.4 cm³/mol. The molecule has 2 nitrogen and oxygen atoms in total. The Morgan fingerprint density at radius 1 is 1.38 bits per heavy atom. The first kappa shape index (κ1) is 11.6. The molecule has 2 rings (SSSR count). The summed E-state index contributed by atoms with van der Waals surface area (Å²) >= 11 is 0. The third kappa shape index (κ3) is 1.98. The van der Waals surface area contributed by atoms with E-state index >= 15 is 0 Å². The van der Waals surface area contributed by atoms with Crippen molar-refractivity contribution >= 4 is 0 Å². The van der Waals surface area contributed by atoms with Gasteiger partial charge in [0, 0.05) is 11.4 Å². The zero-order valence-corrected chi connectivity index (χ0v) is 10.9. The smallest absolute Gasteiger partial charge is 0.115 e. The average Bonchev–Trinajstić information content (AvgIpc) is 2.29. The molecule has 1 aromatic heterocycles. The Bertz CT molecular complexity index is 382. The van der Waals surface area contributed by atoms with Crippen LogP contribution < -0.4 is 0 Å². The zero-order chi connectivity index (χ0) is 11.8. The summed E-state index contributed by atoms with van der Waals surface area (Å²) in [5.74, 6) is 0.787. The van der Waals surface area contributed by atoms with E-state index < -0.39 is 0 Å². The van der Waals surface area contributed by atoms with Crippen LogP contribution in [0.15, 0.2) is 6.33 Å². The topological polar surface area (TPSA) is 25.8 Å². The second-order valence-electron chi connectivity index (χ2n) is 5.67. The number of hydrogen-bond donors (Lipinski definition) is 0. The van der Waals surface area contributed by atoms with Crippen LogP contribution >= 0.6 is 0 Å². The Hall–Kier alpha value is -0.920. The molecule has 0 saturated heterocycles. The summed E-state index contributed by atoms with van der Waals surface area (Å²) in [5.41, 5.74) is 4.33. The highest BCUT2D eigenvalue weighted by molar-refractivity contribution is 5.27. The fourth-order valence-corrected chi connectivity index (χ4v) is 2.65. The Balaban J connectivity index is 2.27. The van der Waals surface area contributed by atoms with Crippen molar-refractivity contribution in [2.75, 3.05) is 0 Å². The van der Waals surface area contributed by atoms with E-state index in [1.54, 1.807) is 6.33 Å². The molecule has 16 heavy (non-hydrogen) atoms. The van der Waals surface area contributed by atoms with Gasteiger partial charge in [-0.3, -0.25) is 0 Å². The second kappa shape index (κ2) is 4.15. The highest BCUT2D eigenvalue weighted by Crippen LogP contribution is 2.39. The summed E-state index contributed by atoms with van der Waals surface area (Å²) < 4.78 is 0. The molecule has 0 bridgehead atoms. The molecule has 2 heteroatoms. The number of nitrogens with zero attached hydrogens (tertiary/aromatic N) is 2. The maximum atomic E-state index is 4.41. The lowest BCUT2D eigenvalue weighted by molar-refractivity contribution is 0.181. The standard InChI is InChI=1S/C14H22N2/c1-5-14(3,4)11-6-7-13-12(8-11)10(2)15-9-16-13/h9,11H,5-8H2,1-4H3. The molecule has 0 spiro atoms. The lowest BCUT2D eigenvalue weighted by atomic mass is 9.69. The summed E-state index contributed by atoms with van der Waals surface area (Å²) in [7, 11) is 0. The number of hydrogen-bond acceptors (Lipinski definition) is 2. The van der Waals surface area contributed by atoms with Gasteiger partial charge in [0.15, 0.2) is 0 Å². The first-order chi connectivity index (χ1) is 7.54. The summed E-state index contributed by atoms with van der Waals surface area (Å²) in [5, 5.41) is 0. The first-order valence-corrected chi connectivity index (χ1v) is 6.34. The van der Waals surface area contributed by atoms with Crippen LogP contribution in [0.5, 0.6) is 0 Å². The van der Waals surface area contributed by atoms with Crippen molar-refractivity contribution in [1.29, 1.82) is 0 Å². The molecular formula is C14H22N2. The van der Waals surface area contributed by atoms with Crippen LogP contribution in [0.1, 0.15) is 50.6 Å². The van der Waals surface area contributed by atoms with Gasteiger partial charge < -0.3 is 0 Å². The first-order valence-electron chi connectivity index (χ1n) is 6.34. The molecule has 0 aliphatic heterocycles. The van der Waals surface area contributed by atoms with Crippen molar-refractivity contribution < 1.29 is 0 Å². The predicted octanol–water partition coefficient (Wildman–Crippen LogP) is 3.33. The van der Waals surface area contributed by atoms with Crippen molar-refractivity contribution in [1.82, 2.24) is 9.97 Å². The van der Waals surface area contributed by atoms with E-state index in [0.29, 0.717) is 5.41 Å². The van der Waals surface area contributed by atoms with Gasteiger partial charge in [-0.2, -0.15) is 0 Å². The van der Waals surface area contributed by atoms with Gasteiger partial charge in [0.2, 0.25) is 0 Å². The van der Waals surface area contributed by atoms with E-state index in [1.165, 1.54) is 36.2 Å². The van der Waals surface area contributed by atoms with Crippen LogP contribution in [0, 0.1) is 18.3 Å². The summed E-state index contributed by atoms with van der Waals surface area (Å²) in [4.78, 5) is 8.73. The molecule has 0 amide bonds. The Labute approximate surface area is 98.5 Å². The molecule has 1 aromatic rings. The van der Waals surface area contributed by atoms with E-state index in [4.69, 9.17) is 0 Å². The van der Waals surface area contributed by atoms with Crippen molar-refractivity contribution in [2.24, 2.45) is 11.3 Å².